The summed E-state index contributed by atoms with van der Waals surface area (Å²) in [4.78, 5) is 20.1. The van der Waals surface area contributed by atoms with Crippen LogP contribution in [0.1, 0.15) is 77.3 Å². The molecule has 0 bridgehead atoms. The van der Waals surface area contributed by atoms with E-state index >= 15 is 0 Å². The smallest absolute Gasteiger partial charge is 0.164 e. The molecule has 0 radical (unpaired) electrons. The average molecular weight is 423 g/mol. The Morgan fingerprint density at radius 2 is 1.91 bits per heavy atom. The molecule has 1 aromatic carbocycles. The Kier molecular flexibility index (Phi) is 4.58. The van der Waals surface area contributed by atoms with Crippen molar-refractivity contribution in [1.29, 1.82) is 0 Å². The highest BCUT2D eigenvalue weighted by Crippen LogP contribution is 2.47. The second-order valence-corrected chi connectivity index (χ2v) is 10.1. The zero-order valence-electron chi connectivity index (χ0n) is 19.1. The van der Waals surface area contributed by atoms with Crippen LogP contribution in [0.3, 0.4) is 0 Å². The van der Waals surface area contributed by atoms with Crippen molar-refractivity contribution < 1.29 is 4.79 Å². The third kappa shape index (κ3) is 3.06. The van der Waals surface area contributed by atoms with Crippen molar-refractivity contribution in [2.75, 3.05) is 20.1 Å². The molecule has 1 aliphatic heterocycles. The van der Waals surface area contributed by atoms with E-state index < -0.39 is 0 Å². The highest BCUT2D eigenvalue weighted by molar-refractivity contribution is 6.03. The van der Waals surface area contributed by atoms with Gasteiger partial charge in [0.05, 0.1) is 5.69 Å². The lowest BCUT2D eigenvalue weighted by Crippen LogP contribution is -2.39. The molecule has 0 saturated carbocycles. The van der Waals surface area contributed by atoms with Gasteiger partial charge in [0.15, 0.2) is 5.78 Å². The van der Waals surface area contributed by atoms with E-state index in [0.717, 1.165) is 56.5 Å². The number of benzene rings is 1. The minimum absolute atomic E-state index is 0.0336. The molecule has 1 saturated heterocycles. The average Bonchev–Trinajstić information content (AvgIpc) is 3.35. The van der Waals surface area contributed by atoms with E-state index in [2.05, 4.69) is 61.4 Å². The number of ketones is 1. The second kappa shape index (κ2) is 7.38. The fourth-order valence-corrected chi connectivity index (χ4v) is 6.12. The van der Waals surface area contributed by atoms with E-state index in [0.29, 0.717) is 12.2 Å². The molecule has 1 fully saturated rings. The molecule has 0 atom stereocenters. The van der Waals surface area contributed by atoms with Gasteiger partial charge in [0.1, 0.15) is 0 Å². The largest absolute Gasteiger partial charge is 0.306 e. The van der Waals surface area contributed by atoms with Gasteiger partial charge in [-0.15, -0.1) is 0 Å². The molecule has 3 heteroatoms. The number of rotatable bonds is 2. The quantitative estimate of drug-likeness (QED) is 0.618. The maximum atomic E-state index is 12.9. The van der Waals surface area contributed by atoms with Crippen LogP contribution in [0.2, 0.25) is 0 Å². The normalized spacial score (nSPS) is 21.8. The van der Waals surface area contributed by atoms with Crippen LogP contribution in [0.4, 0.5) is 0 Å². The molecule has 0 N–H and O–H groups in total. The lowest BCUT2D eigenvalue weighted by atomic mass is 9.73. The minimum atomic E-state index is 0.0336. The molecule has 1 aromatic heterocycles. The highest BCUT2D eigenvalue weighted by atomic mass is 16.1. The van der Waals surface area contributed by atoms with Crippen LogP contribution in [0, 0.1) is 0 Å². The number of fused-ring (bicyclic) bond motifs is 3. The number of allylic oxidation sites excluding steroid dienone is 5. The van der Waals surface area contributed by atoms with Gasteiger partial charge in [-0.25, -0.2) is 0 Å². The number of hydrogen-bond donors (Lipinski definition) is 0. The third-order valence-electron chi connectivity index (χ3n) is 8.15. The Bertz CT molecular complexity index is 1220. The Balaban J connectivity index is 1.40. The summed E-state index contributed by atoms with van der Waals surface area (Å²) in [7, 11) is 2.19. The number of piperidine rings is 1. The summed E-state index contributed by atoms with van der Waals surface area (Å²) in [5, 5.41) is 0. The summed E-state index contributed by atoms with van der Waals surface area (Å²) < 4.78 is 0. The maximum absolute atomic E-state index is 12.9. The standard InChI is InChI=1S/C29H30N2O/c1-19-5-3-4-6-22(19)21-15-25-23(9-10-27(25)30-18-21)20-7-8-24-26(16-20)29(17-28(24)32)11-13-31(2)14-12-29/h4,6-9,15-16,18H,3,5,10-14,17H2,1-2H3. The lowest BCUT2D eigenvalue weighted by molar-refractivity contribution is 0.0945. The topological polar surface area (TPSA) is 33.2 Å². The summed E-state index contributed by atoms with van der Waals surface area (Å²) in [6, 6.07) is 8.92. The van der Waals surface area contributed by atoms with Crippen molar-refractivity contribution in [3.8, 4) is 0 Å². The maximum Gasteiger partial charge on any atom is 0.164 e. The van der Waals surface area contributed by atoms with Gasteiger partial charge in [-0.2, -0.15) is 0 Å². The molecule has 3 nitrogen and oxygen atoms in total. The Labute approximate surface area is 190 Å². The van der Waals surface area contributed by atoms with Crippen LogP contribution >= 0.6 is 0 Å². The van der Waals surface area contributed by atoms with Crippen LogP contribution in [0.25, 0.3) is 11.1 Å². The Hall–Kier alpha value is -2.78. The van der Waals surface area contributed by atoms with E-state index in [-0.39, 0.29) is 5.41 Å². The number of aromatic nitrogens is 1. The molecule has 3 aliphatic carbocycles. The van der Waals surface area contributed by atoms with Crippen LogP contribution in [-0.4, -0.2) is 35.8 Å². The number of Topliss-reactive ketones (excluding diaryl/α,β-unsaturated/α-hetero) is 1. The number of carbonyl (C=O) groups excluding carboxylic acids is 1. The fraction of sp³-hybridized carbons (Fsp3) is 0.379. The van der Waals surface area contributed by atoms with Crippen LogP contribution < -0.4 is 0 Å². The molecule has 32 heavy (non-hydrogen) atoms. The van der Waals surface area contributed by atoms with Gasteiger partial charge in [0, 0.05) is 41.1 Å². The Morgan fingerprint density at radius 1 is 1.06 bits per heavy atom. The molecule has 1 spiro atoms. The predicted molar refractivity (Wildman–Crippen MR) is 130 cm³/mol. The van der Waals surface area contributed by atoms with Gasteiger partial charge < -0.3 is 4.90 Å². The minimum Gasteiger partial charge on any atom is -0.306 e. The van der Waals surface area contributed by atoms with Crippen molar-refractivity contribution in [2.45, 2.75) is 50.9 Å². The fourth-order valence-electron chi connectivity index (χ4n) is 6.12. The first-order valence-corrected chi connectivity index (χ1v) is 12.0. The Morgan fingerprint density at radius 3 is 2.72 bits per heavy atom. The zero-order chi connectivity index (χ0) is 21.9. The summed E-state index contributed by atoms with van der Waals surface area (Å²) in [6.07, 6.45) is 14.9. The molecular formula is C29H30N2O. The highest BCUT2D eigenvalue weighted by Gasteiger charge is 2.44. The SMILES string of the molecule is CC1=C(c2cnc3c(c2)C(c2ccc4c(c2)C2(CCN(C)CC2)CC4=O)=CC3)C=CCC1. The van der Waals surface area contributed by atoms with E-state index in [1.807, 2.05) is 6.20 Å². The summed E-state index contributed by atoms with van der Waals surface area (Å²) >= 11 is 0. The van der Waals surface area contributed by atoms with Gasteiger partial charge in [-0.05, 0) is 87.2 Å². The number of nitrogens with zero attached hydrogens (tertiary/aromatic N) is 2. The van der Waals surface area contributed by atoms with E-state index in [9.17, 15) is 4.79 Å². The molecule has 0 amide bonds. The van der Waals surface area contributed by atoms with Crippen molar-refractivity contribution >= 4 is 16.9 Å². The van der Waals surface area contributed by atoms with Gasteiger partial charge in [0.2, 0.25) is 0 Å². The summed E-state index contributed by atoms with van der Waals surface area (Å²) in [6.45, 7) is 4.37. The number of likely N-dealkylation sites (tertiary alicyclic amines) is 1. The van der Waals surface area contributed by atoms with E-state index in [4.69, 9.17) is 4.98 Å². The van der Waals surface area contributed by atoms with Crippen LogP contribution in [0.5, 0.6) is 0 Å². The monoisotopic (exact) mass is 422 g/mol. The first-order chi connectivity index (χ1) is 15.5. The van der Waals surface area contributed by atoms with Crippen LogP contribution in [-0.2, 0) is 11.8 Å². The van der Waals surface area contributed by atoms with Gasteiger partial charge in [-0.3, -0.25) is 9.78 Å². The second-order valence-electron chi connectivity index (χ2n) is 10.1. The molecule has 162 valence electrons. The zero-order valence-corrected chi connectivity index (χ0v) is 19.1. The first-order valence-electron chi connectivity index (χ1n) is 12.0. The van der Waals surface area contributed by atoms with Crippen molar-refractivity contribution in [1.82, 2.24) is 9.88 Å². The van der Waals surface area contributed by atoms with E-state index in [1.54, 1.807) is 0 Å². The molecular weight excluding hydrogens is 392 g/mol. The first kappa shape index (κ1) is 19.9. The molecule has 6 rings (SSSR count). The number of pyridine rings is 1. The van der Waals surface area contributed by atoms with Gasteiger partial charge in [0.25, 0.3) is 0 Å². The molecule has 2 aromatic rings. The molecule has 4 aliphatic rings. The number of carbonyl (C=O) groups is 1. The summed E-state index contributed by atoms with van der Waals surface area (Å²) in [5.41, 5.74) is 11.2. The van der Waals surface area contributed by atoms with Crippen molar-refractivity contribution in [3.63, 3.8) is 0 Å². The summed E-state index contributed by atoms with van der Waals surface area (Å²) in [5.74, 6) is 0.326. The van der Waals surface area contributed by atoms with Crippen molar-refractivity contribution in [3.05, 3.63) is 87.8 Å². The lowest BCUT2D eigenvalue weighted by Gasteiger charge is -2.38. The number of hydrogen-bond acceptors (Lipinski definition) is 3. The molecule has 0 unspecified atom stereocenters. The van der Waals surface area contributed by atoms with Gasteiger partial charge >= 0.3 is 0 Å². The van der Waals surface area contributed by atoms with Crippen molar-refractivity contribution in [2.24, 2.45) is 0 Å². The predicted octanol–water partition coefficient (Wildman–Crippen LogP) is 5.74. The molecule has 2 heterocycles. The third-order valence-corrected chi connectivity index (χ3v) is 8.15. The van der Waals surface area contributed by atoms with E-state index in [1.165, 1.54) is 39.0 Å². The van der Waals surface area contributed by atoms with Crippen LogP contribution in [0.15, 0.2) is 54.3 Å². The van der Waals surface area contributed by atoms with Gasteiger partial charge in [-0.1, -0.05) is 35.9 Å².